The van der Waals surface area contributed by atoms with Crippen molar-refractivity contribution in [3.8, 4) is 0 Å². The molecule has 0 aliphatic rings. The van der Waals surface area contributed by atoms with Crippen molar-refractivity contribution in [2.24, 2.45) is 0 Å². The molecule has 4 nitrogen and oxygen atoms in total. The predicted molar refractivity (Wildman–Crippen MR) is 80.4 cm³/mol. The number of benzene rings is 1. The molecule has 0 saturated carbocycles. The predicted octanol–water partition coefficient (Wildman–Crippen LogP) is 2.46. The number of rotatable bonds is 4. The van der Waals surface area contributed by atoms with E-state index in [0.29, 0.717) is 17.8 Å². The van der Waals surface area contributed by atoms with Gasteiger partial charge in [-0.15, -0.1) is 0 Å². The maximum Gasteiger partial charge on any atom is 0.253 e. The molecule has 0 fully saturated rings. The van der Waals surface area contributed by atoms with Crippen LogP contribution < -0.4 is 11.1 Å². The molecule has 0 radical (unpaired) electrons. The summed E-state index contributed by atoms with van der Waals surface area (Å²) in [5.41, 5.74) is 9.89. The Bertz CT molecular complexity index is 623. The van der Waals surface area contributed by atoms with Crippen LogP contribution in [-0.2, 0) is 13.0 Å². The van der Waals surface area contributed by atoms with Crippen molar-refractivity contribution in [3.05, 3.63) is 58.9 Å². The maximum atomic E-state index is 12.2. The average molecular weight is 269 g/mol. The van der Waals surface area contributed by atoms with Crippen molar-refractivity contribution in [1.29, 1.82) is 0 Å². The van der Waals surface area contributed by atoms with E-state index in [2.05, 4.69) is 17.2 Å². The van der Waals surface area contributed by atoms with Crippen LogP contribution in [0.2, 0.25) is 0 Å². The quantitative estimate of drug-likeness (QED) is 0.838. The average Bonchev–Trinajstić information content (AvgIpc) is 2.47. The Kier molecular flexibility index (Phi) is 4.35. The van der Waals surface area contributed by atoms with Gasteiger partial charge in [-0.1, -0.05) is 24.6 Å². The zero-order chi connectivity index (χ0) is 14.5. The molecule has 0 atom stereocenters. The second-order valence-corrected chi connectivity index (χ2v) is 4.74. The Hall–Kier alpha value is -2.36. The lowest BCUT2D eigenvalue weighted by Crippen LogP contribution is -2.25. The van der Waals surface area contributed by atoms with Gasteiger partial charge in [0.15, 0.2) is 0 Å². The molecular weight excluding hydrogens is 250 g/mol. The standard InChI is InChI=1S/C16H19N3O/c1-3-12-5-4-8-18-15(12)10-19-16(20)13-9-11(2)6-7-14(13)17/h4-9H,3,10,17H2,1-2H3,(H,19,20). The zero-order valence-electron chi connectivity index (χ0n) is 11.8. The van der Waals surface area contributed by atoms with Gasteiger partial charge in [-0.25, -0.2) is 0 Å². The first-order valence-corrected chi connectivity index (χ1v) is 6.69. The molecule has 1 amide bonds. The summed E-state index contributed by atoms with van der Waals surface area (Å²) in [6.45, 7) is 4.42. The summed E-state index contributed by atoms with van der Waals surface area (Å²) in [6.07, 6.45) is 2.63. The summed E-state index contributed by atoms with van der Waals surface area (Å²) in [5.74, 6) is -0.168. The molecule has 0 spiro atoms. The minimum absolute atomic E-state index is 0.168. The van der Waals surface area contributed by atoms with Gasteiger partial charge in [-0.2, -0.15) is 0 Å². The first-order valence-electron chi connectivity index (χ1n) is 6.69. The largest absolute Gasteiger partial charge is 0.398 e. The summed E-state index contributed by atoms with van der Waals surface area (Å²) >= 11 is 0. The Morgan fingerprint density at radius 3 is 2.90 bits per heavy atom. The van der Waals surface area contributed by atoms with E-state index >= 15 is 0 Å². The molecule has 20 heavy (non-hydrogen) atoms. The highest BCUT2D eigenvalue weighted by atomic mass is 16.1. The number of pyridine rings is 1. The van der Waals surface area contributed by atoms with Gasteiger partial charge in [0.2, 0.25) is 0 Å². The minimum atomic E-state index is -0.168. The monoisotopic (exact) mass is 269 g/mol. The van der Waals surface area contributed by atoms with E-state index < -0.39 is 0 Å². The number of anilines is 1. The SMILES string of the molecule is CCc1cccnc1CNC(=O)c1cc(C)ccc1N. The Balaban J connectivity index is 2.11. The van der Waals surface area contributed by atoms with Crippen LogP contribution >= 0.6 is 0 Å². The van der Waals surface area contributed by atoms with Gasteiger partial charge in [0.05, 0.1) is 17.8 Å². The fourth-order valence-corrected chi connectivity index (χ4v) is 2.08. The number of nitrogen functional groups attached to an aromatic ring is 1. The van der Waals surface area contributed by atoms with Crippen molar-refractivity contribution >= 4 is 11.6 Å². The van der Waals surface area contributed by atoms with Crippen molar-refractivity contribution in [3.63, 3.8) is 0 Å². The lowest BCUT2D eigenvalue weighted by molar-refractivity contribution is 0.0951. The van der Waals surface area contributed by atoms with E-state index in [-0.39, 0.29) is 5.91 Å². The second-order valence-electron chi connectivity index (χ2n) is 4.74. The van der Waals surface area contributed by atoms with Crippen LogP contribution in [0.25, 0.3) is 0 Å². The van der Waals surface area contributed by atoms with E-state index in [1.165, 1.54) is 0 Å². The van der Waals surface area contributed by atoms with Gasteiger partial charge in [-0.3, -0.25) is 9.78 Å². The zero-order valence-corrected chi connectivity index (χ0v) is 11.8. The van der Waals surface area contributed by atoms with Crippen molar-refractivity contribution < 1.29 is 4.79 Å². The molecule has 0 unspecified atom stereocenters. The normalized spacial score (nSPS) is 10.3. The molecule has 0 saturated heterocycles. The lowest BCUT2D eigenvalue weighted by atomic mass is 10.1. The fourth-order valence-electron chi connectivity index (χ4n) is 2.08. The van der Waals surface area contributed by atoms with Crippen LogP contribution in [0.5, 0.6) is 0 Å². The number of nitrogens with two attached hydrogens (primary N) is 1. The highest BCUT2D eigenvalue weighted by Gasteiger charge is 2.10. The summed E-state index contributed by atoms with van der Waals surface area (Å²) < 4.78 is 0. The van der Waals surface area contributed by atoms with Crippen molar-refractivity contribution in [2.45, 2.75) is 26.8 Å². The van der Waals surface area contributed by atoms with E-state index in [9.17, 15) is 4.79 Å². The number of carbonyl (C=O) groups excluding carboxylic acids is 1. The first kappa shape index (κ1) is 14.1. The minimum Gasteiger partial charge on any atom is -0.398 e. The fraction of sp³-hybridized carbons (Fsp3) is 0.250. The van der Waals surface area contributed by atoms with E-state index in [1.54, 1.807) is 18.3 Å². The number of aromatic nitrogens is 1. The van der Waals surface area contributed by atoms with E-state index in [4.69, 9.17) is 5.73 Å². The molecule has 4 heteroatoms. The molecule has 1 heterocycles. The van der Waals surface area contributed by atoms with Crippen LogP contribution in [0.15, 0.2) is 36.5 Å². The Morgan fingerprint density at radius 2 is 2.15 bits per heavy atom. The number of nitrogens with one attached hydrogen (secondary N) is 1. The number of amides is 1. The molecule has 2 aromatic rings. The number of hydrogen-bond donors (Lipinski definition) is 2. The maximum absolute atomic E-state index is 12.2. The topological polar surface area (TPSA) is 68.0 Å². The Morgan fingerprint density at radius 1 is 1.35 bits per heavy atom. The van der Waals surface area contributed by atoms with Crippen LogP contribution in [0.4, 0.5) is 5.69 Å². The van der Waals surface area contributed by atoms with Crippen LogP contribution in [-0.4, -0.2) is 10.9 Å². The Labute approximate surface area is 119 Å². The van der Waals surface area contributed by atoms with Crippen LogP contribution in [0.3, 0.4) is 0 Å². The van der Waals surface area contributed by atoms with Gasteiger partial charge < -0.3 is 11.1 Å². The molecule has 0 bridgehead atoms. The third-order valence-electron chi connectivity index (χ3n) is 3.24. The summed E-state index contributed by atoms with van der Waals surface area (Å²) in [5, 5.41) is 2.88. The molecule has 1 aromatic heterocycles. The van der Waals surface area contributed by atoms with Crippen LogP contribution in [0.1, 0.15) is 34.1 Å². The molecule has 104 valence electrons. The second kappa shape index (κ2) is 6.19. The highest BCUT2D eigenvalue weighted by Crippen LogP contribution is 2.14. The van der Waals surface area contributed by atoms with Gasteiger partial charge in [0.1, 0.15) is 0 Å². The molecule has 2 rings (SSSR count). The molecule has 0 aliphatic heterocycles. The molecule has 1 aromatic carbocycles. The smallest absolute Gasteiger partial charge is 0.253 e. The number of aryl methyl sites for hydroxylation is 2. The van der Waals surface area contributed by atoms with Crippen molar-refractivity contribution in [2.75, 3.05) is 5.73 Å². The van der Waals surface area contributed by atoms with Gasteiger partial charge >= 0.3 is 0 Å². The van der Waals surface area contributed by atoms with E-state index in [0.717, 1.165) is 23.2 Å². The summed E-state index contributed by atoms with van der Waals surface area (Å²) in [7, 11) is 0. The number of nitrogens with zero attached hydrogens (tertiary/aromatic N) is 1. The van der Waals surface area contributed by atoms with Crippen molar-refractivity contribution in [1.82, 2.24) is 10.3 Å². The van der Waals surface area contributed by atoms with Gasteiger partial charge in [-0.05, 0) is 37.1 Å². The molecular formula is C16H19N3O. The number of carbonyl (C=O) groups is 1. The lowest BCUT2D eigenvalue weighted by Gasteiger charge is -2.10. The van der Waals surface area contributed by atoms with Crippen LogP contribution in [0, 0.1) is 6.92 Å². The third-order valence-corrected chi connectivity index (χ3v) is 3.24. The highest BCUT2D eigenvalue weighted by molar-refractivity contribution is 5.99. The van der Waals surface area contributed by atoms with Gasteiger partial charge in [0, 0.05) is 11.9 Å². The molecule has 0 aliphatic carbocycles. The van der Waals surface area contributed by atoms with E-state index in [1.807, 2.05) is 25.1 Å². The summed E-state index contributed by atoms with van der Waals surface area (Å²) in [6, 6.07) is 9.37. The molecule has 3 N–H and O–H groups in total. The van der Waals surface area contributed by atoms with Gasteiger partial charge in [0.25, 0.3) is 5.91 Å². The first-order chi connectivity index (χ1) is 9.61. The third kappa shape index (κ3) is 3.15. The summed E-state index contributed by atoms with van der Waals surface area (Å²) in [4.78, 5) is 16.5. The number of hydrogen-bond acceptors (Lipinski definition) is 3.